The number of nitrogens with zero attached hydrogens (tertiary/aromatic N) is 3. The van der Waals surface area contributed by atoms with Crippen LogP contribution >= 0.6 is 0 Å². The van der Waals surface area contributed by atoms with Crippen molar-refractivity contribution in [3.63, 3.8) is 0 Å². The van der Waals surface area contributed by atoms with Crippen LogP contribution in [0.1, 0.15) is 47.9 Å². The monoisotopic (exact) mass is 374 g/mol. The van der Waals surface area contributed by atoms with Crippen LogP contribution in [0.25, 0.3) is 0 Å². The molecule has 8 nitrogen and oxygen atoms in total. The third kappa shape index (κ3) is 4.77. The topological polar surface area (TPSA) is 89.7 Å². The molecule has 0 spiro atoms. The molecule has 0 saturated carbocycles. The van der Waals surface area contributed by atoms with Crippen LogP contribution in [0.15, 0.2) is 22.7 Å². The quantitative estimate of drug-likeness (QED) is 0.830. The van der Waals surface area contributed by atoms with Crippen molar-refractivity contribution >= 4 is 5.91 Å². The minimum absolute atomic E-state index is 0.163. The molecule has 1 saturated heterocycles. The number of nitrogens with one attached hydrogen (secondary N) is 1. The first-order valence-corrected chi connectivity index (χ1v) is 9.10. The van der Waals surface area contributed by atoms with Crippen LogP contribution in [0.3, 0.4) is 0 Å². The fourth-order valence-electron chi connectivity index (χ4n) is 3.02. The first-order valence-electron chi connectivity index (χ1n) is 9.10. The van der Waals surface area contributed by atoms with Crippen molar-refractivity contribution in [2.75, 3.05) is 27.2 Å². The Morgan fingerprint density at radius 2 is 2.07 bits per heavy atom. The average Bonchev–Trinajstić information content (AvgIpc) is 3.10. The molecule has 0 unspecified atom stereocenters. The second-order valence-electron chi connectivity index (χ2n) is 6.86. The number of benzene rings is 1. The zero-order chi connectivity index (χ0) is 19.4. The molecule has 27 heavy (non-hydrogen) atoms. The molecule has 0 bridgehead atoms. The molecule has 1 amide bonds. The molecule has 2 aromatic rings. The van der Waals surface area contributed by atoms with Crippen molar-refractivity contribution < 1.29 is 18.8 Å². The van der Waals surface area contributed by atoms with Gasteiger partial charge in [0, 0.05) is 18.7 Å². The lowest BCUT2D eigenvalue weighted by Gasteiger charge is -2.29. The second kappa shape index (κ2) is 8.39. The van der Waals surface area contributed by atoms with Gasteiger partial charge in [-0.05, 0) is 51.9 Å². The molecule has 2 heterocycles. The van der Waals surface area contributed by atoms with E-state index >= 15 is 0 Å². The van der Waals surface area contributed by atoms with Gasteiger partial charge in [0.2, 0.25) is 5.89 Å². The third-order valence-corrected chi connectivity index (χ3v) is 4.65. The molecule has 3 rings (SSSR count). The van der Waals surface area contributed by atoms with Crippen LogP contribution in [-0.2, 0) is 0 Å². The Morgan fingerprint density at radius 3 is 2.70 bits per heavy atom. The highest BCUT2D eigenvalue weighted by atomic mass is 16.5. The van der Waals surface area contributed by atoms with Crippen molar-refractivity contribution in [3.05, 3.63) is 35.5 Å². The smallest absolute Gasteiger partial charge is 0.252 e. The minimum Gasteiger partial charge on any atom is -0.493 e. The molecule has 8 heteroatoms. The summed E-state index contributed by atoms with van der Waals surface area (Å²) in [5, 5.41) is 6.59. The number of methoxy groups -OCH3 is 1. The molecule has 1 N–H and O–H groups in total. The predicted octanol–water partition coefficient (Wildman–Crippen LogP) is 2.35. The fourth-order valence-corrected chi connectivity index (χ4v) is 3.02. The third-order valence-electron chi connectivity index (χ3n) is 4.65. The van der Waals surface area contributed by atoms with Crippen LogP contribution in [0.2, 0.25) is 0 Å². The van der Waals surface area contributed by atoms with Gasteiger partial charge < -0.3 is 24.2 Å². The summed E-state index contributed by atoms with van der Waals surface area (Å²) < 4.78 is 16.6. The summed E-state index contributed by atoms with van der Waals surface area (Å²) in [6, 6.07) is 4.81. The number of aryl methyl sites for hydroxylation is 1. The van der Waals surface area contributed by atoms with E-state index in [9.17, 15) is 4.79 Å². The number of hydrogen-bond donors (Lipinski definition) is 1. The van der Waals surface area contributed by atoms with Crippen LogP contribution < -0.4 is 14.8 Å². The Morgan fingerprint density at radius 1 is 1.33 bits per heavy atom. The highest BCUT2D eigenvalue weighted by Gasteiger charge is 2.21. The minimum atomic E-state index is -0.389. The van der Waals surface area contributed by atoms with Gasteiger partial charge in [0.15, 0.2) is 17.3 Å². The summed E-state index contributed by atoms with van der Waals surface area (Å²) in [5.41, 5.74) is 0.477. The van der Waals surface area contributed by atoms with E-state index in [4.69, 9.17) is 14.0 Å². The van der Waals surface area contributed by atoms with Gasteiger partial charge in [-0.3, -0.25) is 4.79 Å². The zero-order valence-corrected chi connectivity index (χ0v) is 16.2. The van der Waals surface area contributed by atoms with E-state index in [0.717, 1.165) is 25.9 Å². The Labute approximate surface area is 158 Å². The number of hydrogen-bond acceptors (Lipinski definition) is 7. The van der Waals surface area contributed by atoms with Crippen LogP contribution in [0.5, 0.6) is 11.5 Å². The van der Waals surface area contributed by atoms with E-state index in [2.05, 4.69) is 27.4 Å². The lowest BCUT2D eigenvalue weighted by atomic mass is 10.1. The van der Waals surface area contributed by atoms with E-state index in [1.54, 1.807) is 39.2 Å². The average molecular weight is 374 g/mol. The maximum absolute atomic E-state index is 12.5. The summed E-state index contributed by atoms with van der Waals surface area (Å²) in [5.74, 6) is 1.85. The van der Waals surface area contributed by atoms with Gasteiger partial charge in [-0.25, -0.2) is 0 Å². The second-order valence-corrected chi connectivity index (χ2v) is 6.86. The van der Waals surface area contributed by atoms with E-state index < -0.39 is 0 Å². The van der Waals surface area contributed by atoms with E-state index in [1.807, 2.05) is 0 Å². The summed E-state index contributed by atoms with van der Waals surface area (Å²) >= 11 is 0. The zero-order valence-electron chi connectivity index (χ0n) is 16.2. The molecule has 1 atom stereocenters. The van der Waals surface area contributed by atoms with Gasteiger partial charge >= 0.3 is 0 Å². The number of ether oxygens (including phenoxy) is 2. The molecule has 1 aromatic heterocycles. The Hall–Kier alpha value is -2.61. The number of rotatable bonds is 6. The van der Waals surface area contributed by atoms with Crippen LogP contribution in [-0.4, -0.2) is 54.3 Å². The molecule has 1 aliphatic rings. The van der Waals surface area contributed by atoms with E-state index in [0.29, 0.717) is 28.8 Å². The maximum Gasteiger partial charge on any atom is 0.252 e. The van der Waals surface area contributed by atoms with Crippen LogP contribution in [0, 0.1) is 6.92 Å². The van der Waals surface area contributed by atoms with Gasteiger partial charge in [0.05, 0.1) is 7.11 Å². The lowest BCUT2D eigenvalue weighted by Crippen LogP contribution is -2.35. The molecular weight excluding hydrogens is 348 g/mol. The number of carbonyl (C=O) groups is 1. The Kier molecular flexibility index (Phi) is 5.95. The predicted molar refractivity (Wildman–Crippen MR) is 99.1 cm³/mol. The molecule has 1 aliphatic heterocycles. The summed E-state index contributed by atoms with van der Waals surface area (Å²) in [4.78, 5) is 19.0. The highest BCUT2D eigenvalue weighted by Crippen LogP contribution is 2.30. The van der Waals surface area contributed by atoms with Crippen molar-refractivity contribution in [2.45, 2.75) is 38.8 Å². The number of aromatic nitrogens is 2. The van der Waals surface area contributed by atoms with Gasteiger partial charge in [0.25, 0.3) is 5.91 Å². The van der Waals surface area contributed by atoms with Crippen molar-refractivity contribution in [2.24, 2.45) is 0 Å². The molecule has 1 aromatic carbocycles. The molecule has 0 aliphatic carbocycles. The Balaban J connectivity index is 1.66. The fraction of sp³-hybridized carbons (Fsp3) is 0.526. The standard InChI is InChI=1S/C19H26N4O4/c1-12(19-21-13(2)22-27-19)20-18(24)14-5-6-16(17(11-14)25-4)26-15-7-9-23(3)10-8-15/h5-6,11-12,15H,7-10H2,1-4H3,(H,20,24)/t12-/m0/s1. The Bertz CT molecular complexity index is 784. The number of piperidine rings is 1. The first-order chi connectivity index (χ1) is 13.0. The summed E-state index contributed by atoms with van der Waals surface area (Å²) in [7, 11) is 3.68. The van der Waals surface area contributed by atoms with Gasteiger partial charge in [0.1, 0.15) is 12.1 Å². The van der Waals surface area contributed by atoms with Gasteiger partial charge in [-0.1, -0.05) is 5.16 Å². The molecule has 146 valence electrons. The summed E-state index contributed by atoms with van der Waals surface area (Å²) in [6.07, 6.45) is 2.11. The van der Waals surface area contributed by atoms with E-state index in [1.165, 1.54) is 0 Å². The first kappa shape index (κ1) is 19.2. The number of amides is 1. The molecule has 1 fully saturated rings. The van der Waals surface area contributed by atoms with Crippen LogP contribution in [0.4, 0.5) is 0 Å². The number of carbonyl (C=O) groups excluding carboxylic acids is 1. The van der Waals surface area contributed by atoms with E-state index in [-0.39, 0.29) is 18.1 Å². The SMILES string of the molecule is COc1cc(C(=O)N[C@@H](C)c2nc(C)no2)ccc1OC1CCN(C)CC1. The van der Waals surface area contributed by atoms with Gasteiger partial charge in [-0.2, -0.15) is 4.98 Å². The largest absolute Gasteiger partial charge is 0.493 e. The van der Waals surface area contributed by atoms with Crippen molar-refractivity contribution in [1.29, 1.82) is 0 Å². The van der Waals surface area contributed by atoms with Gasteiger partial charge in [-0.15, -0.1) is 0 Å². The molecule has 0 radical (unpaired) electrons. The van der Waals surface area contributed by atoms with Crippen molar-refractivity contribution in [1.82, 2.24) is 20.4 Å². The summed E-state index contributed by atoms with van der Waals surface area (Å²) in [6.45, 7) is 5.55. The maximum atomic E-state index is 12.5. The normalized spacial score (nSPS) is 16.7. The highest BCUT2D eigenvalue weighted by molar-refractivity contribution is 5.95. The number of likely N-dealkylation sites (tertiary alicyclic amines) is 1. The lowest BCUT2D eigenvalue weighted by molar-refractivity contribution is 0.0931. The molecular formula is C19H26N4O4. The van der Waals surface area contributed by atoms with Crippen molar-refractivity contribution in [3.8, 4) is 11.5 Å².